The second kappa shape index (κ2) is 10.8. The van der Waals surface area contributed by atoms with Crippen LogP contribution >= 0.6 is 74.6 Å². The second-order valence-corrected chi connectivity index (χ2v) is 11.2. The van der Waals surface area contributed by atoms with Crippen molar-refractivity contribution in [3.05, 3.63) is 14.9 Å². The zero-order valence-electron chi connectivity index (χ0n) is 17.8. The van der Waals surface area contributed by atoms with Gasteiger partial charge in [0.1, 0.15) is 36.9 Å². The predicted octanol–water partition coefficient (Wildman–Crippen LogP) is 3.72. The van der Waals surface area contributed by atoms with E-state index < -0.39 is 19.8 Å². The Hall–Kier alpha value is 1.44. The Bertz CT molecular complexity index is 974. The first-order valence-electron chi connectivity index (χ1n) is 9.81. The van der Waals surface area contributed by atoms with Gasteiger partial charge in [0, 0.05) is 34.7 Å². The van der Waals surface area contributed by atoms with Crippen LogP contribution in [0.3, 0.4) is 0 Å². The van der Waals surface area contributed by atoms with Crippen molar-refractivity contribution in [2.45, 2.75) is 44.2 Å². The first kappa shape index (κ1) is 23.2. The van der Waals surface area contributed by atoms with Gasteiger partial charge in [-0.15, -0.1) is 0 Å². The van der Waals surface area contributed by atoms with Gasteiger partial charge in [-0.3, -0.25) is 0 Å². The Labute approximate surface area is 228 Å². The monoisotopic (exact) mass is 736 g/mol. The molecule has 0 amide bonds. The molecule has 5 unspecified atom stereocenters. The number of hydrogen-bond donors (Lipinski definition) is 1. The molecule has 2 fully saturated rings. The van der Waals surface area contributed by atoms with Crippen LogP contribution in [-0.4, -0.2) is 61.3 Å². The molecule has 2 aliphatic rings. The number of hydrogen-bond acceptors (Lipinski definition) is 8. The summed E-state index contributed by atoms with van der Waals surface area (Å²) in [6.07, 6.45) is 0.779. The number of halogens is 3. The molecule has 163 valence electrons. The van der Waals surface area contributed by atoms with E-state index in [4.69, 9.17) is 32.7 Å². The van der Waals surface area contributed by atoms with E-state index in [1.807, 2.05) is 24.6 Å². The summed E-state index contributed by atoms with van der Waals surface area (Å²) in [5.74, 6) is -0.301. The van der Waals surface area contributed by atoms with Gasteiger partial charge in [-0.1, -0.05) is 11.6 Å². The molecule has 5 atom stereocenters. The normalized spacial score (nSPS) is 28.4. The van der Waals surface area contributed by atoms with Crippen molar-refractivity contribution in [2.75, 3.05) is 17.3 Å². The minimum Gasteiger partial charge on any atom is -0.347 e. The molecule has 0 aliphatic carbocycles. The number of anilines is 1. The van der Waals surface area contributed by atoms with Crippen molar-refractivity contribution in [3.8, 4) is 0 Å². The van der Waals surface area contributed by atoms with Crippen LogP contribution in [0.25, 0.3) is 11.0 Å². The number of rotatable bonds is 8. The molecule has 0 bridgehead atoms. The number of nitrogens with zero attached hydrogens (tertiary/aromatic N) is 3. The Morgan fingerprint density at radius 1 is 1.53 bits per heavy atom. The topological polar surface area (TPSA) is 79.7 Å². The summed E-state index contributed by atoms with van der Waals surface area (Å²) in [6.45, 7) is 4.00. The van der Waals surface area contributed by atoms with Crippen molar-refractivity contribution in [1.29, 1.82) is 2.67 Å². The summed E-state index contributed by atoms with van der Waals surface area (Å²) < 4.78 is 41.6. The van der Waals surface area contributed by atoms with E-state index >= 15 is 0 Å². The van der Waals surface area contributed by atoms with Gasteiger partial charge in [0.15, 0.2) is 12.0 Å². The van der Waals surface area contributed by atoms with Crippen LogP contribution in [0, 0.1) is 3.57 Å². The van der Waals surface area contributed by atoms with Gasteiger partial charge in [-0.25, -0.2) is 4.98 Å². The Morgan fingerprint density at radius 2 is 2.30 bits per heavy atom. The first-order chi connectivity index (χ1) is 14.7. The largest absolute Gasteiger partial charge is 0.347 e. The van der Waals surface area contributed by atoms with E-state index in [0.29, 0.717) is 23.1 Å². The van der Waals surface area contributed by atoms with Crippen LogP contribution in [0.5, 0.6) is 0 Å². The van der Waals surface area contributed by atoms with E-state index in [1.54, 1.807) is 0 Å². The van der Waals surface area contributed by atoms with E-state index in [-0.39, 0.29) is 49.1 Å². The maximum atomic E-state index is 7.28. The molecular formula is C15H19BClI2N4O4PSV. The van der Waals surface area contributed by atoms with E-state index in [0.717, 1.165) is 21.0 Å². The number of ether oxygens (including phenoxy) is 3. The third-order valence-corrected chi connectivity index (χ3v) is 7.18. The Morgan fingerprint density at radius 3 is 3.03 bits per heavy atom. The number of nitrogens with one attached hydrogen (secondary N) is 1. The third kappa shape index (κ3) is 5.24. The SMILES string of the molecule is [2H]B([3H])CSOCC1OC(n2cc(I)c3c(Cl)nc(NPI)nc32)C2OC(C)(C)OC12.[V]. The van der Waals surface area contributed by atoms with Crippen LogP contribution in [-0.2, 0) is 36.9 Å². The molecule has 4 heterocycles. The smallest absolute Gasteiger partial charge is 0.229 e. The van der Waals surface area contributed by atoms with Crippen molar-refractivity contribution >= 4 is 99.4 Å². The standard InChI is InChI=1S/C15H19BClI2N4O4PS.V/c1-15(2)26-9-7(4-24-29-5-16)25-13(10(9)27-15)23-3-6(18)8-11(17)20-14(22-28-19)21-12(8)23;/h3,7,9-10,13,28H,4-5,16H2,1-2H3,(H,20,21,22);/i16TD;. The molecule has 2 aromatic rings. The van der Waals surface area contributed by atoms with Gasteiger partial charge in [-0.2, -0.15) is 4.98 Å². The number of fused-ring (bicyclic) bond motifs is 2. The fourth-order valence-corrected chi connectivity index (χ4v) is 6.00. The quantitative estimate of drug-likeness (QED) is 0.110. The Kier molecular flexibility index (Phi) is 8.34. The summed E-state index contributed by atoms with van der Waals surface area (Å²) in [5.41, 5.74) is 0.914. The summed E-state index contributed by atoms with van der Waals surface area (Å²) in [5, 5.41) is 4.26. The van der Waals surface area contributed by atoms with Crippen LogP contribution in [0.15, 0.2) is 6.20 Å². The van der Waals surface area contributed by atoms with Crippen LogP contribution in [0.2, 0.25) is 5.15 Å². The molecule has 0 saturated carbocycles. The van der Waals surface area contributed by atoms with Crippen molar-refractivity contribution in [2.24, 2.45) is 0 Å². The minimum atomic E-state index is -0.941. The second-order valence-electron chi connectivity index (χ2n) is 6.84. The zero-order valence-corrected chi connectivity index (χ0v) is 24.1. The molecule has 2 saturated heterocycles. The molecule has 1 N–H and O–H groups in total. The summed E-state index contributed by atoms with van der Waals surface area (Å²) in [7, 11) is -0.941. The van der Waals surface area contributed by atoms with Crippen LogP contribution < -0.4 is 5.09 Å². The van der Waals surface area contributed by atoms with Gasteiger partial charge in [0.25, 0.3) is 0 Å². The van der Waals surface area contributed by atoms with Crippen molar-refractivity contribution in [1.82, 2.24) is 14.5 Å². The van der Waals surface area contributed by atoms with Crippen LogP contribution in [0.1, 0.15) is 20.1 Å². The fourth-order valence-electron chi connectivity index (χ4n) is 3.53. The summed E-state index contributed by atoms with van der Waals surface area (Å²) in [4.78, 5) is 9.00. The van der Waals surface area contributed by atoms with Gasteiger partial charge in [0.05, 0.1) is 12.0 Å². The fraction of sp³-hybridized carbons (Fsp3) is 0.600. The molecule has 0 aromatic carbocycles. The van der Waals surface area contributed by atoms with E-state index in [2.05, 4.69) is 59.7 Å². The first-order valence-corrected chi connectivity index (χ1v) is 15.1. The summed E-state index contributed by atoms with van der Waals surface area (Å²) in [6, 6.07) is 0. The van der Waals surface area contributed by atoms with Gasteiger partial charge >= 0.3 is 0 Å². The van der Waals surface area contributed by atoms with Gasteiger partial charge in [0.2, 0.25) is 5.95 Å². The molecule has 0 spiro atoms. The number of aromatic nitrogens is 3. The van der Waals surface area contributed by atoms with Gasteiger partial charge < -0.3 is 28.0 Å². The molecule has 8 nitrogen and oxygen atoms in total. The average Bonchev–Trinajstić information content (AvgIpc) is 3.28. The maximum absolute atomic E-state index is 7.28. The predicted molar refractivity (Wildman–Crippen MR) is 136 cm³/mol. The zero-order chi connectivity index (χ0) is 22.3. The van der Waals surface area contributed by atoms with Crippen LogP contribution in [0.4, 0.5) is 5.95 Å². The van der Waals surface area contributed by atoms with Crippen molar-refractivity contribution in [3.63, 3.8) is 0 Å². The Balaban J connectivity index is 0.00000289. The third-order valence-electron chi connectivity index (χ3n) is 4.52. The summed E-state index contributed by atoms with van der Waals surface area (Å²) >= 11 is 12.0. The van der Waals surface area contributed by atoms with Crippen molar-refractivity contribution < 1.29 is 36.9 Å². The minimum absolute atomic E-state index is 0. The van der Waals surface area contributed by atoms with Gasteiger partial charge in [-0.05, 0) is 78.8 Å². The molecule has 4 rings (SSSR count). The average molecular weight is 736 g/mol. The maximum Gasteiger partial charge on any atom is 0.229 e. The van der Waals surface area contributed by atoms with E-state index in [1.165, 1.54) is 0 Å². The molecule has 1 radical (unpaired) electrons. The molecule has 2 aromatic heterocycles. The molecule has 15 heteroatoms. The molecular weight excluding hydrogens is 714 g/mol. The van der Waals surface area contributed by atoms with E-state index in [9.17, 15) is 0 Å². The molecule has 2 aliphatic heterocycles. The molecule has 30 heavy (non-hydrogen) atoms.